The van der Waals surface area contributed by atoms with Crippen LogP contribution in [0.3, 0.4) is 0 Å². The number of carbonyl (C=O) groups excluding carboxylic acids is 1. The van der Waals surface area contributed by atoms with E-state index in [9.17, 15) is 9.18 Å². The average Bonchev–Trinajstić information content (AvgIpc) is 3.29. The predicted molar refractivity (Wildman–Crippen MR) is 112 cm³/mol. The number of fused-ring (bicyclic) bond motifs is 2. The fraction of sp³-hybridized carbons (Fsp3) is 0.333. The predicted octanol–water partition coefficient (Wildman–Crippen LogP) is 3.86. The van der Waals surface area contributed by atoms with Crippen LogP contribution in [0.1, 0.15) is 35.7 Å². The molecule has 3 unspecified atom stereocenters. The first-order valence-corrected chi connectivity index (χ1v) is 10.4. The molecule has 5 atom stereocenters. The third-order valence-corrected chi connectivity index (χ3v) is 6.52. The smallest absolute Gasteiger partial charge is 0.251 e. The second-order valence-corrected chi connectivity index (χ2v) is 8.41. The number of hydrogen-bond acceptors (Lipinski definition) is 5. The van der Waals surface area contributed by atoms with Gasteiger partial charge in [-0.05, 0) is 73.9 Å². The van der Waals surface area contributed by atoms with Crippen molar-refractivity contribution in [2.75, 3.05) is 0 Å². The lowest BCUT2D eigenvalue weighted by molar-refractivity contribution is 0.0930. The molecular formula is C24H21FN4O2. The number of rotatable bonds is 5. The molecule has 1 amide bonds. The quantitative estimate of drug-likeness (QED) is 0.682. The second-order valence-electron chi connectivity index (χ2n) is 8.41. The lowest BCUT2D eigenvalue weighted by Gasteiger charge is -2.20. The summed E-state index contributed by atoms with van der Waals surface area (Å²) in [6.45, 7) is 2.05. The van der Waals surface area contributed by atoms with Gasteiger partial charge < -0.3 is 10.1 Å². The van der Waals surface area contributed by atoms with Gasteiger partial charge in [0.2, 0.25) is 5.88 Å². The van der Waals surface area contributed by atoms with Crippen molar-refractivity contribution < 1.29 is 13.9 Å². The van der Waals surface area contributed by atoms with E-state index in [2.05, 4.69) is 21.4 Å². The Bertz CT molecular complexity index is 1180. The number of hydrogen-bond donors (Lipinski definition) is 1. The van der Waals surface area contributed by atoms with E-state index < -0.39 is 0 Å². The summed E-state index contributed by atoms with van der Waals surface area (Å²) < 4.78 is 19.6. The Hall–Kier alpha value is -3.53. The van der Waals surface area contributed by atoms with Crippen LogP contribution in [0, 0.1) is 34.9 Å². The Morgan fingerprint density at radius 3 is 2.65 bits per heavy atom. The van der Waals surface area contributed by atoms with Gasteiger partial charge in [0, 0.05) is 17.7 Å². The summed E-state index contributed by atoms with van der Waals surface area (Å²) in [5.41, 5.74) is 1.63. The minimum Gasteiger partial charge on any atom is -0.474 e. The Labute approximate surface area is 179 Å². The van der Waals surface area contributed by atoms with Gasteiger partial charge >= 0.3 is 0 Å². The molecule has 2 aliphatic carbocycles. The molecule has 6 nitrogen and oxygen atoms in total. The summed E-state index contributed by atoms with van der Waals surface area (Å²) in [5.74, 6) is 1.53. The van der Waals surface area contributed by atoms with Crippen LogP contribution in [-0.2, 0) is 0 Å². The lowest BCUT2D eigenvalue weighted by atomic mass is 10.0. The Balaban J connectivity index is 1.18. The maximum atomic E-state index is 13.4. The topological polar surface area (TPSA) is 87.9 Å². The van der Waals surface area contributed by atoms with E-state index in [0.717, 1.165) is 12.8 Å². The third kappa shape index (κ3) is 3.70. The van der Waals surface area contributed by atoms with Gasteiger partial charge in [-0.3, -0.25) is 4.79 Å². The first-order chi connectivity index (χ1) is 15.0. The van der Waals surface area contributed by atoms with Gasteiger partial charge in [0.05, 0.1) is 22.5 Å². The van der Waals surface area contributed by atoms with Crippen molar-refractivity contribution in [2.45, 2.75) is 31.9 Å². The van der Waals surface area contributed by atoms with E-state index in [1.54, 1.807) is 30.3 Å². The zero-order chi connectivity index (χ0) is 21.5. The number of halogens is 1. The van der Waals surface area contributed by atoms with E-state index in [0.29, 0.717) is 45.7 Å². The lowest BCUT2D eigenvalue weighted by Crippen LogP contribution is -2.36. The summed E-state index contributed by atoms with van der Waals surface area (Å²) in [6, 6.07) is 13.2. The van der Waals surface area contributed by atoms with Crippen LogP contribution >= 0.6 is 0 Å². The van der Waals surface area contributed by atoms with Crippen molar-refractivity contribution >= 4 is 16.8 Å². The van der Waals surface area contributed by atoms with Crippen LogP contribution in [0.2, 0.25) is 0 Å². The third-order valence-electron chi connectivity index (χ3n) is 6.52. The van der Waals surface area contributed by atoms with Crippen LogP contribution in [0.15, 0.2) is 48.8 Å². The van der Waals surface area contributed by atoms with Crippen LogP contribution in [0.25, 0.3) is 10.9 Å². The van der Waals surface area contributed by atoms with Crippen LogP contribution < -0.4 is 10.1 Å². The summed E-state index contributed by atoms with van der Waals surface area (Å²) in [7, 11) is 0. The van der Waals surface area contributed by atoms with E-state index in [1.165, 1.54) is 18.5 Å². The molecule has 1 aromatic heterocycles. The molecule has 3 aromatic rings. The van der Waals surface area contributed by atoms with Crippen LogP contribution in [-0.4, -0.2) is 28.0 Å². The minimum atomic E-state index is -0.334. The van der Waals surface area contributed by atoms with E-state index >= 15 is 0 Å². The normalized spacial score (nSPS) is 24.8. The van der Waals surface area contributed by atoms with Gasteiger partial charge in [-0.2, -0.15) is 5.26 Å². The number of nitriles is 1. The molecule has 0 radical (unpaired) electrons. The fourth-order valence-electron chi connectivity index (χ4n) is 5.02. The Kier molecular flexibility index (Phi) is 4.78. The van der Waals surface area contributed by atoms with Gasteiger partial charge in [-0.15, -0.1) is 0 Å². The zero-order valence-corrected chi connectivity index (χ0v) is 17.0. The number of amides is 1. The van der Waals surface area contributed by atoms with Crippen LogP contribution in [0.4, 0.5) is 4.39 Å². The van der Waals surface area contributed by atoms with Crippen molar-refractivity contribution in [3.63, 3.8) is 0 Å². The van der Waals surface area contributed by atoms with Gasteiger partial charge in [0.1, 0.15) is 18.2 Å². The Morgan fingerprint density at radius 2 is 1.94 bits per heavy atom. The molecule has 5 rings (SSSR count). The highest BCUT2D eigenvalue weighted by atomic mass is 19.1. The maximum Gasteiger partial charge on any atom is 0.251 e. The first-order valence-electron chi connectivity index (χ1n) is 10.4. The van der Waals surface area contributed by atoms with Gasteiger partial charge in [0.25, 0.3) is 5.91 Å². The molecule has 0 spiro atoms. The number of ether oxygens (including phenoxy) is 1. The molecule has 2 fully saturated rings. The van der Waals surface area contributed by atoms with Crippen molar-refractivity contribution in [1.82, 2.24) is 15.3 Å². The van der Waals surface area contributed by atoms with Gasteiger partial charge in [-0.25, -0.2) is 14.4 Å². The van der Waals surface area contributed by atoms with Crippen molar-refractivity contribution in [2.24, 2.45) is 17.8 Å². The molecule has 0 bridgehead atoms. The van der Waals surface area contributed by atoms with Crippen molar-refractivity contribution in [1.29, 1.82) is 5.26 Å². The van der Waals surface area contributed by atoms with E-state index in [1.807, 2.05) is 6.92 Å². The second kappa shape index (κ2) is 7.62. The van der Waals surface area contributed by atoms with E-state index in [-0.39, 0.29) is 23.9 Å². The first kappa shape index (κ1) is 19.4. The number of benzene rings is 2. The molecular weight excluding hydrogens is 395 g/mol. The SMILES string of the molecule is CC(NC(=O)c1ccc(C#N)cc1)C1[C@H]2CC(Oc3ncnc4cc(F)ccc34)C[C@@H]12. The van der Waals surface area contributed by atoms with Gasteiger partial charge in [-0.1, -0.05) is 0 Å². The highest BCUT2D eigenvalue weighted by Gasteiger charge is 2.58. The highest BCUT2D eigenvalue weighted by molar-refractivity contribution is 5.94. The zero-order valence-electron chi connectivity index (χ0n) is 17.0. The standard InChI is InChI=1S/C24H21FN4O2/c1-13(29-23(30)15-4-2-14(11-26)3-5-15)22-19-9-17(10-20(19)22)31-24-18-7-6-16(25)8-21(18)27-12-28-24/h2-8,12-13,17,19-20,22H,9-10H2,1H3,(H,29,30)/t13?,17?,19-,20+,22?. The summed E-state index contributed by atoms with van der Waals surface area (Å²) in [6.07, 6.45) is 3.30. The molecule has 2 saturated carbocycles. The maximum absolute atomic E-state index is 13.4. The molecule has 156 valence electrons. The molecule has 0 aliphatic heterocycles. The minimum absolute atomic E-state index is 0.0656. The molecule has 1 N–H and O–H groups in total. The Morgan fingerprint density at radius 1 is 1.19 bits per heavy atom. The molecule has 2 aliphatic rings. The monoisotopic (exact) mass is 416 g/mol. The summed E-state index contributed by atoms with van der Waals surface area (Å²) >= 11 is 0. The van der Waals surface area contributed by atoms with Crippen molar-refractivity contribution in [3.05, 3.63) is 65.7 Å². The molecule has 2 aromatic carbocycles. The summed E-state index contributed by atoms with van der Waals surface area (Å²) in [4.78, 5) is 20.9. The number of aromatic nitrogens is 2. The molecule has 31 heavy (non-hydrogen) atoms. The van der Waals surface area contributed by atoms with Crippen molar-refractivity contribution in [3.8, 4) is 11.9 Å². The molecule has 7 heteroatoms. The molecule has 0 saturated heterocycles. The fourth-order valence-corrected chi connectivity index (χ4v) is 5.02. The van der Waals surface area contributed by atoms with E-state index in [4.69, 9.17) is 10.00 Å². The largest absolute Gasteiger partial charge is 0.474 e. The summed E-state index contributed by atoms with van der Waals surface area (Å²) in [5, 5.41) is 12.7. The number of carbonyl (C=O) groups is 1. The average molecular weight is 416 g/mol. The number of nitrogens with one attached hydrogen (secondary N) is 1. The molecule has 1 heterocycles. The highest BCUT2D eigenvalue weighted by Crippen LogP contribution is 2.59. The van der Waals surface area contributed by atoms with Crippen LogP contribution in [0.5, 0.6) is 5.88 Å². The number of nitrogens with zero attached hydrogens (tertiary/aromatic N) is 3. The van der Waals surface area contributed by atoms with Gasteiger partial charge in [0.15, 0.2) is 0 Å².